The molecule has 3 rings (SSSR count). The molecule has 0 unspecified atom stereocenters. The average molecular weight is 387 g/mol. The third-order valence-corrected chi connectivity index (χ3v) is 4.07. The maximum atomic E-state index is 12.4. The van der Waals surface area contributed by atoms with Gasteiger partial charge in [0.05, 0.1) is 30.5 Å². The largest absolute Gasteiger partial charge is 0.465 e. The number of hydrogen-bond acceptors (Lipinski definition) is 7. The van der Waals surface area contributed by atoms with Crippen molar-refractivity contribution >= 4 is 29.2 Å². The van der Waals surface area contributed by atoms with Gasteiger partial charge in [-0.25, -0.2) is 19.3 Å². The summed E-state index contributed by atoms with van der Waals surface area (Å²) in [6.07, 6.45) is 9.33. The van der Waals surface area contributed by atoms with E-state index in [-0.39, 0.29) is 11.3 Å². The first-order valence-corrected chi connectivity index (χ1v) is 8.14. The molecule has 9 heteroatoms. The molecular weight excluding hydrogens is 372 g/mol. The van der Waals surface area contributed by atoms with Gasteiger partial charge >= 0.3 is 11.9 Å². The molecule has 0 N–H and O–H groups in total. The number of rotatable bonds is 4. The van der Waals surface area contributed by atoms with Crippen LogP contribution in [0.15, 0.2) is 66.6 Å². The summed E-state index contributed by atoms with van der Waals surface area (Å²) in [5.74, 6) is -1.35. The van der Waals surface area contributed by atoms with Crippen molar-refractivity contribution in [3.8, 4) is 5.69 Å². The third-order valence-electron chi connectivity index (χ3n) is 3.76. The molecule has 0 fully saturated rings. The highest BCUT2D eigenvalue weighted by atomic mass is 35.5. The van der Waals surface area contributed by atoms with Crippen molar-refractivity contribution < 1.29 is 19.1 Å². The number of aromatic nitrogens is 3. The van der Waals surface area contributed by atoms with E-state index in [4.69, 9.17) is 21.1 Å². The molecule has 0 atom stereocenters. The standard InChI is InChI=1S/C18H15ClN4O4/c1-26-17(24)13-5-3-4-8-22(16(13)18(25)27-2)12-6-7-15(14(19)9-12)23-11-20-10-21-23/h3-11H,1-2H3. The van der Waals surface area contributed by atoms with Crippen LogP contribution in [0.3, 0.4) is 0 Å². The Morgan fingerprint density at radius 3 is 2.52 bits per heavy atom. The van der Waals surface area contributed by atoms with Crippen LogP contribution in [0.4, 0.5) is 5.69 Å². The van der Waals surface area contributed by atoms with Crippen LogP contribution >= 0.6 is 11.6 Å². The molecule has 1 aliphatic heterocycles. The summed E-state index contributed by atoms with van der Waals surface area (Å²) in [5.41, 5.74) is 1.24. The Bertz CT molecular complexity index is 964. The zero-order chi connectivity index (χ0) is 19.4. The van der Waals surface area contributed by atoms with Crippen LogP contribution in [0, 0.1) is 0 Å². The van der Waals surface area contributed by atoms with Crippen molar-refractivity contribution in [2.24, 2.45) is 0 Å². The second kappa shape index (κ2) is 7.88. The maximum absolute atomic E-state index is 12.4. The fourth-order valence-electron chi connectivity index (χ4n) is 2.53. The number of benzene rings is 1. The van der Waals surface area contributed by atoms with Crippen molar-refractivity contribution in [1.29, 1.82) is 0 Å². The predicted octanol–water partition coefficient (Wildman–Crippen LogP) is 2.41. The van der Waals surface area contributed by atoms with E-state index in [1.54, 1.807) is 36.6 Å². The van der Waals surface area contributed by atoms with Crippen LogP contribution in [-0.4, -0.2) is 40.9 Å². The first kappa shape index (κ1) is 18.4. The number of ether oxygens (including phenoxy) is 2. The predicted molar refractivity (Wildman–Crippen MR) is 98.2 cm³/mol. The van der Waals surface area contributed by atoms with Crippen LogP contribution < -0.4 is 4.90 Å². The molecular formula is C18H15ClN4O4. The number of carbonyl (C=O) groups excluding carboxylic acids is 2. The first-order chi connectivity index (χ1) is 13.1. The first-order valence-electron chi connectivity index (χ1n) is 7.76. The molecule has 2 heterocycles. The number of carbonyl (C=O) groups is 2. The zero-order valence-electron chi connectivity index (χ0n) is 14.5. The lowest BCUT2D eigenvalue weighted by molar-refractivity contribution is -0.139. The number of methoxy groups -OCH3 is 2. The number of esters is 2. The molecule has 8 nitrogen and oxygen atoms in total. The van der Waals surface area contributed by atoms with E-state index in [9.17, 15) is 9.59 Å². The van der Waals surface area contributed by atoms with Gasteiger partial charge in [-0.2, -0.15) is 5.10 Å². The monoisotopic (exact) mass is 386 g/mol. The van der Waals surface area contributed by atoms with Gasteiger partial charge in [0.1, 0.15) is 18.4 Å². The lowest BCUT2D eigenvalue weighted by atomic mass is 10.1. The second-order valence-electron chi connectivity index (χ2n) is 5.29. The minimum atomic E-state index is -0.692. The molecule has 2 aromatic rings. The molecule has 0 spiro atoms. The van der Waals surface area contributed by atoms with Crippen LogP contribution in [0.25, 0.3) is 5.69 Å². The summed E-state index contributed by atoms with van der Waals surface area (Å²) < 4.78 is 11.2. The SMILES string of the molecule is COC(=O)C1=C(C(=O)OC)N(c2ccc(-n3cncn3)c(Cl)c2)C=CC=C1. The van der Waals surface area contributed by atoms with Gasteiger partial charge in [-0.1, -0.05) is 17.7 Å². The van der Waals surface area contributed by atoms with Gasteiger partial charge in [0, 0.05) is 11.9 Å². The van der Waals surface area contributed by atoms with Crippen LogP contribution in [-0.2, 0) is 19.1 Å². The molecule has 1 aromatic heterocycles. The average Bonchev–Trinajstić information content (AvgIpc) is 3.12. The van der Waals surface area contributed by atoms with E-state index in [0.29, 0.717) is 16.4 Å². The van der Waals surface area contributed by atoms with Gasteiger partial charge in [0.25, 0.3) is 0 Å². The summed E-state index contributed by atoms with van der Waals surface area (Å²) >= 11 is 6.39. The Kier molecular flexibility index (Phi) is 5.37. The lowest BCUT2D eigenvalue weighted by Gasteiger charge is -2.23. The van der Waals surface area contributed by atoms with E-state index in [2.05, 4.69) is 10.1 Å². The molecule has 27 heavy (non-hydrogen) atoms. The fraction of sp³-hybridized carbons (Fsp3) is 0.111. The summed E-state index contributed by atoms with van der Waals surface area (Å²) in [5, 5.41) is 4.43. The Labute approximate surface area is 160 Å². The van der Waals surface area contributed by atoms with Crippen molar-refractivity contribution in [3.63, 3.8) is 0 Å². The van der Waals surface area contributed by atoms with Crippen molar-refractivity contribution in [3.05, 3.63) is 71.6 Å². The number of anilines is 1. The minimum Gasteiger partial charge on any atom is -0.465 e. The summed E-state index contributed by atoms with van der Waals surface area (Å²) in [6.45, 7) is 0. The maximum Gasteiger partial charge on any atom is 0.355 e. The quantitative estimate of drug-likeness (QED) is 0.745. The van der Waals surface area contributed by atoms with Gasteiger partial charge in [0.2, 0.25) is 0 Å². The van der Waals surface area contributed by atoms with Crippen LogP contribution in [0.2, 0.25) is 5.02 Å². The molecule has 0 amide bonds. The van der Waals surface area contributed by atoms with E-state index >= 15 is 0 Å². The van der Waals surface area contributed by atoms with Crippen LogP contribution in [0.1, 0.15) is 0 Å². The summed E-state index contributed by atoms with van der Waals surface area (Å²) in [6, 6.07) is 5.10. The molecule has 1 aliphatic rings. The van der Waals surface area contributed by atoms with E-state index in [1.807, 2.05) is 0 Å². The topological polar surface area (TPSA) is 86.6 Å². The number of allylic oxidation sites excluding steroid dienone is 2. The highest BCUT2D eigenvalue weighted by Crippen LogP contribution is 2.31. The minimum absolute atomic E-state index is 0.0129. The highest BCUT2D eigenvalue weighted by Gasteiger charge is 2.27. The smallest absolute Gasteiger partial charge is 0.355 e. The molecule has 0 saturated heterocycles. The number of halogens is 1. The zero-order valence-corrected chi connectivity index (χ0v) is 15.3. The summed E-state index contributed by atoms with van der Waals surface area (Å²) in [4.78, 5) is 30.0. The van der Waals surface area contributed by atoms with Gasteiger partial charge in [0.15, 0.2) is 0 Å². The third kappa shape index (κ3) is 3.61. The lowest BCUT2D eigenvalue weighted by Crippen LogP contribution is -2.27. The highest BCUT2D eigenvalue weighted by molar-refractivity contribution is 6.32. The Hall–Kier alpha value is -3.39. The molecule has 0 bridgehead atoms. The Balaban J connectivity index is 2.12. The Morgan fingerprint density at radius 2 is 1.89 bits per heavy atom. The molecule has 0 aliphatic carbocycles. The molecule has 1 aromatic carbocycles. The van der Waals surface area contributed by atoms with Crippen molar-refractivity contribution in [2.45, 2.75) is 0 Å². The van der Waals surface area contributed by atoms with Gasteiger partial charge in [-0.05, 0) is 30.4 Å². The van der Waals surface area contributed by atoms with E-state index < -0.39 is 11.9 Å². The van der Waals surface area contributed by atoms with Gasteiger partial charge in [-0.15, -0.1) is 0 Å². The number of nitrogens with zero attached hydrogens (tertiary/aromatic N) is 4. The van der Waals surface area contributed by atoms with Crippen LogP contribution in [0.5, 0.6) is 0 Å². The molecule has 0 radical (unpaired) electrons. The van der Waals surface area contributed by atoms with Gasteiger partial charge in [-0.3, -0.25) is 0 Å². The van der Waals surface area contributed by atoms with E-state index in [0.717, 1.165) is 0 Å². The van der Waals surface area contributed by atoms with Gasteiger partial charge < -0.3 is 14.4 Å². The Morgan fingerprint density at radius 1 is 1.11 bits per heavy atom. The van der Waals surface area contributed by atoms with Crippen molar-refractivity contribution in [1.82, 2.24) is 14.8 Å². The fourth-order valence-corrected chi connectivity index (χ4v) is 2.79. The summed E-state index contributed by atoms with van der Waals surface area (Å²) in [7, 11) is 2.48. The normalized spacial score (nSPS) is 13.5. The van der Waals surface area contributed by atoms with Crippen molar-refractivity contribution in [2.75, 3.05) is 19.1 Å². The second-order valence-corrected chi connectivity index (χ2v) is 5.70. The number of hydrogen-bond donors (Lipinski definition) is 0. The van der Waals surface area contributed by atoms with E-state index in [1.165, 1.54) is 42.5 Å². The molecule has 0 saturated carbocycles. The molecule has 138 valence electrons.